The molecule has 0 aliphatic rings. The van der Waals surface area contributed by atoms with Gasteiger partial charge in [-0.15, -0.1) is 0 Å². The largest absolute Gasteiger partial charge is 0.324 e. The second-order valence-electron chi connectivity index (χ2n) is 8.87. The fourth-order valence-corrected chi connectivity index (χ4v) is 4.33. The van der Waals surface area contributed by atoms with Gasteiger partial charge in [0.15, 0.2) is 5.78 Å². The Bertz CT molecular complexity index is 1890. The summed E-state index contributed by atoms with van der Waals surface area (Å²) in [5, 5.41) is 6.44. The number of allylic oxidation sites excluding steroid dienone is 1. The lowest BCUT2D eigenvalue weighted by atomic mass is 10.1. The predicted molar refractivity (Wildman–Crippen MR) is 153 cm³/mol. The Morgan fingerprint density at radius 2 is 1.55 bits per heavy atom. The van der Waals surface area contributed by atoms with Gasteiger partial charge in [-0.2, -0.15) is 0 Å². The van der Waals surface area contributed by atoms with Crippen LogP contribution in [0, 0.1) is 0 Å². The third kappa shape index (κ3) is 4.83. The van der Waals surface area contributed by atoms with E-state index in [0.717, 1.165) is 33.2 Å². The summed E-state index contributed by atoms with van der Waals surface area (Å²) >= 11 is 0. The second kappa shape index (κ2) is 9.95. The number of benzene rings is 4. The number of carbonyl (C=O) groups excluding carboxylic acids is 1. The first-order chi connectivity index (χ1) is 18.6. The number of hydrogen-bond donors (Lipinski definition) is 2. The summed E-state index contributed by atoms with van der Waals surface area (Å²) < 4.78 is 0. The molecular weight excluding hydrogens is 472 g/mol. The van der Waals surface area contributed by atoms with E-state index in [1.807, 2.05) is 48.5 Å². The Hall–Kier alpha value is -5.36. The Balaban J connectivity index is 1.17. The van der Waals surface area contributed by atoms with Crippen molar-refractivity contribution in [3.05, 3.63) is 137 Å². The maximum atomic E-state index is 12.7. The summed E-state index contributed by atoms with van der Waals surface area (Å²) in [6.07, 6.45) is 4.68. The van der Waals surface area contributed by atoms with Gasteiger partial charge in [-0.25, -0.2) is 9.97 Å². The average Bonchev–Trinajstić information content (AvgIpc) is 2.96. The number of hydrogen-bond acceptors (Lipinski definition) is 5. The van der Waals surface area contributed by atoms with Gasteiger partial charge in [-0.1, -0.05) is 54.6 Å². The van der Waals surface area contributed by atoms with Crippen molar-refractivity contribution in [3.63, 3.8) is 0 Å². The van der Waals surface area contributed by atoms with Crippen LogP contribution in [0.1, 0.15) is 15.9 Å². The number of H-pyrrole nitrogens is 1. The van der Waals surface area contributed by atoms with Gasteiger partial charge < -0.3 is 10.3 Å². The van der Waals surface area contributed by atoms with Crippen LogP contribution in [0.4, 0.5) is 11.6 Å². The van der Waals surface area contributed by atoms with Crippen LogP contribution in [0.15, 0.2) is 120 Å². The van der Waals surface area contributed by atoms with Crippen molar-refractivity contribution < 1.29 is 4.79 Å². The third-order valence-corrected chi connectivity index (χ3v) is 6.32. The smallest absolute Gasteiger partial charge is 0.255 e. The van der Waals surface area contributed by atoms with Crippen LogP contribution >= 0.6 is 0 Å². The van der Waals surface area contributed by atoms with Gasteiger partial charge in [0.1, 0.15) is 0 Å². The zero-order chi connectivity index (χ0) is 25.9. The molecule has 2 N–H and O–H groups in total. The minimum atomic E-state index is -0.238. The van der Waals surface area contributed by atoms with Crippen LogP contribution in [-0.4, -0.2) is 20.7 Å². The topological polar surface area (TPSA) is 87.7 Å². The third-order valence-electron chi connectivity index (χ3n) is 6.32. The lowest BCUT2D eigenvalue weighted by Crippen LogP contribution is -2.09. The number of ketones is 1. The molecule has 182 valence electrons. The molecule has 2 aromatic heterocycles. The molecule has 6 rings (SSSR count). The normalized spacial score (nSPS) is 11.3. The van der Waals surface area contributed by atoms with E-state index in [4.69, 9.17) is 0 Å². The molecule has 0 aliphatic heterocycles. The Labute approximate surface area is 218 Å². The first-order valence-electron chi connectivity index (χ1n) is 12.2. The number of rotatable bonds is 6. The summed E-state index contributed by atoms with van der Waals surface area (Å²) in [5.74, 6) is 0.267. The number of aromatic amines is 1. The van der Waals surface area contributed by atoms with Gasteiger partial charge in [0.05, 0.1) is 5.69 Å². The van der Waals surface area contributed by atoms with Gasteiger partial charge in [-0.05, 0) is 76.8 Å². The number of carbonyl (C=O) groups is 1. The maximum absolute atomic E-state index is 12.7. The lowest BCUT2D eigenvalue weighted by molar-refractivity contribution is 0.104. The van der Waals surface area contributed by atoms with E-state index in [1.165, 1.54) is 11.5 Å². The Morgan fingerprint density at radius 3 is 2.39 bits per heavy atom. The standard InChI is InChI=1S/C32H22N4O2/c37-30(16-13-26-20-24-7-3-4-8-28(24)35-31(26)38)22-11-14-27(15-12-22)34-32-33-18-17-29(36-32)25-10-9-21-5-1-2-6-23(21)19-25/h1-20H,(H,35,38)(H,33,34,36)/b16-13+. The highest BCUT2D eigenvalue weighted by atomic mass is 16.1. The molecule has 38 heavy (non-hydrogen) atoms. The molecule has 4 aromatic carbocycles. The van der Waals surface area contributed by atoms with Crippen molar-refractivity contribution in [2.24, 2.45) is 0 Å². The van der Waals surface area contributed by atoms with Crippen LogP contribution in [0.5, 0.6) is 0 Å². The first-order valence-corrected chi connectivity index (χ1v) is 12.2. The van der Waals surface area contributed by atoms with Crippen LogP contribution in [0.3, 0.4) is 0 Å². The van der Waals surface area contributed by atoms with E-state index in [1.54, 1.807) is 42.6 Å². The van der Waals surface area contributed by atoms with Gasteiger partial charge in [0.25, 0.3) is 5.56 Å². The minimum absolute atomic E-state index is 0.196. The number of para-hydroxylation sites is 1. The number of aromatic nitrogens is 3. The van der Waals surface area contributed by atoms with Crippen molar-refractivity contribution in [3.8, 4) is 11.3 Å². The number of fused-ring (bicyclic) bond motifs is 2. The van der Waals surface area contributed by atoms with E-state index in [9.17, 15) is 9.59 Å². The zero-order valence-electron chi connectivity index (χ0n) is 20.3. The van der Waals surface area contributed by atoms with Crippen LogP contribution in [-0.2, 0) is 0 Å². The Kier molecular flexibility index (Phi) is 6.04. The summed E-state index contributed by atoms with van der Waals surface area (Å²) in [6.45, 7) is 0. The van der Waals surface area contributed by atoms with Gasteiger partial charge in [0.2, 0.25) is 5.95 Å². The highest BCUT2D eigenvalue weighted by Crippen LogP contribution is 2.24. The van der Waals surface area contributed by atoms with E-state index in [0.29, 0.717) is 17.1 Å². The molecule has 0 unspecified atom stereocenters. The lowest BCUT2D eigenvalue weighted by Gasteiger charge is -2.08. The van der Waals surface area contributed by atoms with E-state index in [-0.39, 0.29) is 11.3 Å². The fraction of sp³-hybridized carbons (Fsp3) is 0. The molecule has 0 bridgehead atoms. The Morgan fingerprint density at radius 1 is 0.789 bits per heavy atom. The number of nitrogens with zero attached hydrogens (tertiary/aromatic N) is 2. The van der Waals surface area contributed by atoms with E-state index in [2.05, 4.69) is 44.5 Å². The monoisotopic (exact) mass is 494 g/mol. The van der Waals surface area contributed by atoms with Gasteiger partial charge in [-0.3, -0.25) is 9.59 Å². The number of anilines is 2. The quantitative estimate of drug-likeness (QED) is 0.197. The highest BCUT2D eigenvalue weighted by molar-refractivity contribution is 6.07. The summed E-state index contributed by atoms with van der Waals surface area (Å²) in [6, 6.07) is 32.7. The molecule has 0 atom stereocenters. The molecule has 0 fully saturated rings. The minimum Gasteiger partial charge on any atom is -0.324 e. The molecule has 0 saturated heterocycles. The van der Waals surface area contributed by atoms with Crippen molar-refractivity contribution in [2.45, 2.75) is 0 Å². The van der Waals surface area contributed by atoms with Crippen molar-refractivity contribution in [2.75, 3.05) is 5.32 Å². The molecule has 2 heterocycles. The second-order valence-corrected chi connectivity index (χ2v) is 8.87. The van der Waals surface area contributed by atoms with Crippen molar-refractivity contribution in [1.29, 1.82) is 0 Å². The summed E-state index contributed by atoms with van der Waals surface area (Å²) in [7, 11) is 0. The van der Waals surface area contributed by atoms with Crippen molar-refractivity contribution in [1.82, 2.24) is 15.0 Å². The predicted octanol–water partition coefficient (Wildman–Crippen LogP) is 6.78. The molecule has 0 aliphatic carbocycles. The molecule has 6 heteroatoms. The van der Waals surface area contributed by atoms with Crippen LogP contribution in [0.25, 0.3) is 39.0 Å². The van der Waals surface area contributed by atoms with Crippen LogP contribution < -0.4 is 10.9 Å². The fourth-order valence-electron chi connectivity index (χ4n) is 4.33. The summed E-state index contributed by atoms with van der Waals surface area (Å²) in [5.41, 5.74) is 4.04. The molecular formula is C32H22N4O2. The molecule has 6 aromatic rings. The number of pyridine rings is 1. The van der Waals surface area contributed by atoms with Gasteiger partial charge in [0, 0.05) is 34.1 Å². The average molecular weight is 495 g/mol. The highest BCUT2D eigenvalue weighted by Gasteiger charge is 2.07. The van der Waals surface area contributed by atoms with E-state index >= 15 is 0 Å². The van der Waals surface area contributed by atoms with E-state index < -0.39 is 0 Å². The van der Waals surface area contributed by atoms with Crippen molar-refractivity contribution >= 4 is 45.2 Å². The van der Waals surface area contributed by atoms with Gasteiger partial charge >= 0.3 is 0 Å². The number of nitrogens with one attached hydrogen (secondary N) is 2. The molecule has 0 amide bonds. The maximum Gasteiger partial charge on any atom is 0.255 e. The molecule has 0 spiro atoms. The zero-order valence-corrected chi connectivity index (χ0v) is 20.3. The summed E-state index contributed by atoms with van der Waals surface area (Å²) in [4.78, 5) is 36.9. The van der Waals surface area contributed by atoms with Crippen LogP contribution in [0.2, 0.25) is 0 Å². The molecule has 6 nitrogen and oxygen atoms in total. The molecule has 0 saturated carbocycles. The SMILES string of the molecule is O=C(/C=C/c1cc2ccccc2[nH]c1=O)c1ccc(Nc2nccc(-c3ccc4ccccc4c3)n2)cc1. The molecule has 0 radical (unpaired) electrons. The first kappa shape index (κ1) is 23.1.